The molecule has 2 aromatic rings. The van der Waals surface area contributed by atoms with Gasteiger partial charge in [0.1, 0.15) is 10.7 Å². The zero-order valence-corrected chi connectivity index (χ0v) is 12.5. The van der Waals surface area contributed by atoms with Crippen molar-refractivity contribution in [3.63, 3.8) is 0 Å². The van der Waals surface area contributed by atoms with Crippen LogP contribution in [-0.4, -0.2) is 42.5 Å². The molecule has 0 bridgehead atoms. The number of thiophene rings is 1. The lowest BCUT2D eigenvalue weighted by Gasteiger charge is -2.11. The van der Waals surface area contributed by atoms with Gasteiger partial charge in [0.25, 0.3) is 0 Å². The van der Waals surface area contributed by atoms with Crippen molar-refractivity contribution in [2.75, 3.05) is 20.6 Å². The van der Waals surface area contributed by atoms with Gasteiger partial charge in [0, 0.05) is 36.3 Å². The highest BCUT2D eigenvalue weighted by atomic mass is 32.1. The standard InChI is InChI=1S/C14H15FN2O3S/c1-17(2)11(18)7-16-6-8-12-9(15)4-3-5-10(12)21-13(8)14(19)20/h3-5,16H,6-7H2,1-2H3,(H,19,20). The number of benzene rings is 1. The first-order valence-corrected chi connectivity index (χ1v) is 7.07. The molecule has 0 fully saturated rings. The molecule has 0 aliphatic heterocycles. The molecule has 1 aromatic carbocycles. The molecule has 0 saturated carbocycles. The summed E-state index contributed by atoms with van der Waals surface area (Å²) in [7, 11) is 3.26. The molecule has 0 atom stereocenters. The summed E-state index contributed by atoms with van der Waals surface area (Å²) in [4.78, 5) is 24.3. The summed E-state index contributed by atoms with van der Waals surface area (Å²) in [5, 5.41) is 12.4. The van der Waals surface area contributed by atoms with Crippen LogP contribution in [0.15, 0.2) is 18.2 Å². The van der Waals surface area contributed by atoms with Gasteiger partial charge in [-0.1, -0.05) is 6.07 Å². The fourth-order valence-electron chi connectivity index (χ4n) is 1.96. The van der Waals surface area contributed by atoms with E-state index in [1.165, 1.54) is 11.0 Å². The normalized spacial score (nSPS) is 10.8. The van der Waals surface area contributed by atoms with E-state index in [0.29, 0.717) is 15.6 Å². The van der Waals surface area contributed by atoms with E-state index in [2.05, 4.69) is 5.32 Å². The van der Waals surface area contributed by atoms with E-state index in [4.69, 9.17) is 0 Å². The minimum absolute atomic E-state index is 0.0673. The van der Waals surface area contributed by atoms with Crippen molar-refractivity contribution >= 4 is 33.3 Å². The number of fused-ring (bicyclic) bond motifs is 1. The van der Waals surface area contributed by atoms with Crippen molar-refractivity contribution < 1.29 is 19.1 Å². The van der Waals surface area contributed by atoms with Crippen molar-refractivity contribution in [2.45, 2.75) is 6.54 Å². The molecule has 0 radical (unpaired) electrons. The van der Waals surface area contributed by atoms with E-state index in [-0.39, 0.29) is 23.9 Å². The van der Waals surface area contributed by atoms with Gasteiger partial charge in [0.2, 0.25) is 5.91 Å². The number of nitrogens with zero attached hydrogens (tertiary/aromatic N) is 1. The average Bonchev–Trinajstić information content (AvgIpc) is 2.79. The molecule has 1 amide bonds. The topological polar surface area (TPSA) is 69.6 Å². The first kappa shape index (κ1) is 15.4. The summed E-state index contributed by atoms with van der Waals surface area (Å²) in [5.74, 6) is -1.68. The van der Waals surface area contributed by atoms with Gasteiger partial charge >= 0.3 is 5.97 Å². The molecule has 2 rings (SSSR count). The van der Waals surface area contributed by atoms with Crippen LogP contribution in [0.5, 0.6) is 0 Å². The Bertz CT molecular complexity index is 697. The second kappa shape index (κ2) is 6.19. The Balaban J connectivity index is 2.30. The highest BCUT2D eigenvalue weighted by Gasteiger charge is 2.20. The first-order valence-electron chi connectivity index (χ1n) is 6.26. The van der Waals surface area contributed by atoms with Crippen LogP contribution in [0.25, 0.3) is 10.1 Å². The van der Waals surface area contributed by atoms with Gasteiger partial charge in [0.05, 0.1) is 6.54 Å². The molecule has 1 aromatic heterocycles. The van der Waals surface area contributed by atoms with E-state index in [1.807, 2.05) is 0 Å². The SMILES string of the molecule is CN(C)C(=O)CNCc1c(C(=O)O)sc2cccc(F)c12. The predicted molar refractivity (Wildman–Crippen MR) is 79.1 cm³/mol. The fourth-order valence-corrected chi connectivity index (χ4v) is 3.04. The number of aromatic carboxylic acids is 1. The number of carbonyl (C=O) groups is 2. The second-order valence-corrected chi connectivity index (χ2v) is 5.77. The summed E-state index contributed by atoms with van der Waals surface area (Å²) in [6.45, 7) is 0.194. The van der Waals surface area contributed by atoms with Crippen LogP contribution in [-0.2, 0) is 11.3 Å². The Morgan fingerprint density at radius 1 is 1.38 bits per heavy atom. The number of hydrogen-bond donors (Lipinski definition) is 2. The van der Waals surface area contributed by atoms with E-state index >= 15 is 0 Å². The molecule has 0 spiro atoms. The summed E-state index contributed by atoms with van der Waals surface area (Å²) >= 11 is 1.04. The van der Waals surface area contributed by atoms with E-state index in [1.54, 1.807) is 26.2 Å². The van der Waals surface area contributed by atoms with Crippen molar-refractivity contribution in [1.82, 2.24) is 10.2 Å². The van der Waals surface area contributed by atoms with E-state index in [0.717, 1.165) is 11.3 Å². The highest BCUT2D eigenvalue weighted by Crippen LogP contribution is 2.33. The van der Waals surface area contributed by atoms with Gasteiger partial charge in [-0.25, -0.2) is 9.18 Å². The number of likely N-dealkylation sites (N-methyl/N-ethyl adjacent to an activating group) is 1. The van der Waals surface area contributed by atoms with Gasteiger partial charge < -0.3 is 15.3 Å². The zero-order chi connectivity index (χ0) is 15.6. The quantitative estimate of drug-likeness (QED) is 0.885. The minimum Gasteiger partial charge on any atom is -0.477 e. The molecule has 7 heteroatoms. The first-order chi connectivity index (χ1) is 9.91. The zero-order valence-electron chi connectivity index (χ0n) is 11.6. The molecular weight excluding hydrogens is 295 g/mol. The number of halogens is 1. The monoisotopic (exact) mass is 310 g/mol. The maximum Gasteiger partial charge on any atom is 0.346 e. The highest BCUT2D eigenvalue weighted by molar-refractivity contribution is 7.21. The number of carboxylic acid groups (broad SMARTS) is 1. The number of rotatable bonds is 5. The molecular formula is C14H15FN2O3S. The summed E-state index contributed by atoms with van der Waals surface area (Å²) in [5.41, 5.74) is 0.382. The van der Waals surface area contributed by atoms with Gasteiger partial charge in [-0.3, -0.25) is 4.79 Å². The number of hydrogen-bond acceptors (Lipinski definition) is 4. The molecule has 0 saturated heterocycles. The molecule has 0 unspecified atom stereocenters. The van der Waals surface area contributed by atoms with Gasteiger partial charge in [-0.15, -0.1) is 11.3 Å². The predicted octanol–water partition coefficient (Wildman–Crippen LogP) is 1.92. The summed E-state index contributed by atoms with van der Waals surface area (Å²) in [6, 6.07) is 4.53. The third-order valence-corrected chi connectivity index (χ3v) is 4.22. The van der Waals surface area contributed by atoms with E-state index < -0.39 is 11.8 Å². The van der Waals surface area contributed by atoms with Gasteiger partial charge in [-0.05, 0) is 12.1 Å². The van der Waals surface area contributed by atoms with Crippen LogP contribution < -0.4 is 5.32 Å². The minimum atomic E-state index is -1.09. The van der Waals surface area contributed by atoms with Crippen LogP contribution in [0, 0.1) is 5.82 Å². The van der Waals surface area contributed by atoms with Gasteiger partial charge in [-0.2, -0.15) is 0 Å². The Morgan fingerprint density at radius 3 is 2.71 bits per heavy atom. The van der Waals surface area contributed by atoms with Crippen LogP contribution in [0.3, 0.4) is 0 Å². The van der Waals surface area contributed by atoms with Crippen LogP contribution in [0.1, 0.15) is 15.2 Å². The van der Waals surface area contributed by atoms with Crippen molar-refractivity contribution in [2.24, 2.45) is 0 Å². The Hall–Kier alpha value is -1.99. The third-order valence-electron chi connectivity index (χ3n) is 3.03. The maximum atomic E-state index is 13.9. The molecule has 0 aliphatic carbocycles. The van der Waals surface area contributed by atoms with Crippen LogP contribution in [0.2, 0.25) is 0 Å². The second-order valence-electron chi connectivity index (χ2n) is 4.72. The Morgan fingerprint density at radius 2 is 2.10 bits per heavy atom. The van der Waals surface area contributed by atoms with Crippen LogP contribution in [0.4, 0.5) is 4.39 Å². The fraction of sp³-hybridized carbons (Fsp3) is 0.286. The molecule has 5 nitrogen and oxygen atoms in total. The summed E-state index contributed by atoms with van der Waals surface area (Å²) < 4.78 is 14.5. The molecule has 112 valence electrons. The van der Waals surface area contributed by atoms with Crippen molar-refractivity contribution in [1.29, 1.82) is 0 Å². The lowest BCUT2D eigenvalue weighted by Crippen LogP contribution is -2.32. The van der Waals surface area contributed by atoms with Crippen molar-refractivity contribution in [3.05, 3.63) is 34.5 Å². The number of amides is 1. The molecule has 21 heavy (non-hydrogen) atoms. The third kappa shape index (κ3) is 3.20. The lowest BCUT2D eigenvalue weighted by molar-refractivity contribution is -0.127. The summed E-state index contributed by atoms with van der Waals surface area (Å²) in [6.07, 6.45) is 0. The smallest absolute Gasteiger partial charge is 0.346 e. The Kier molecular flexibility index (Phi) is 4.54. The number of nitrogens with one attached hydrogen (secondary N) is 1. The van der Waals surface area contributed by atoms with Crippen LogP contribution >= 0.6 is 11.3 Å². The number of carboxylic acids is 1. The molecule has 1 heterocycles. The van der Waals surface area contributed by atoms with Crippen molar-refractivity contribution in [3.8, 4) is 0 Å². The van der Waals surface area contributed by atoms with E-state index in [9.17, 15) is 19.1 Å². The average molecular weight is 310 g/mol. The Labute approximate surface area is 125 Å². The number of carbonyl (C=O) groups excluding carboxylic acids is 1. The molecule has 2 N–H and O–H groups in total. The van der Waals surface area contributed by atoms with Gasteiger partial charge in [0.15, 0.2) is 0 Å². The lowest BCUT2D eigenvalue weighted by atomic mass is 10.1. The largest absolute Gasteiger partial charge is 0.477 e. The molecule has 0 aliphatic rings. The maximum absolute atomic E-state index is 13.9.